The molecule has 1 unspecified atom stereocenters. The molecule has 8 rings (SSSR count). The van der Waals surface area contributed by atoms with Crippen LogP contribution in [0.4, 0.5) is 0 Å². The van der Waals surface area contributed by atoms with E-state index in [-0.39, 0.29) is 65.5 Å². The summed E-state index contributed by atoms with van der Waals surface area (Å²) < 4.78 is 41.4. The summed E-state index contributed by atoms with van der Waals surface area (Å²) in [5, 5.41) is 115. The minimum Gasteiger partial charge on any atom is -0.394 e. The highest BCUT2D eigenvalue weighted by atomic mass is 16.7. The fraction of sp³-hybridized carbons (Fsp3) is 0.933. The number of carbonyl (C=O) groups is 1. The molecule has 19 heteroatoms. The molecule has 11 N–H and O–H groups in total. The van der Waals surface area contributed by atoms with Gasteiger partial charge in [0.1, 0.15) is 72.9 Å². The van der Waals surface area contributed by atoms with E-state index in [0.29, 0.717) is 38.5 Å². The maximum Gasteiger partial charge on any atom is 0.187 e. The molecule has 0 amide bonds. The minimum atomic E-state index is -1.70. The third-order valence-corrected chi connectivity index (χ3v) is 17.2. The van der Waals surface area contributed by atoms with Gasteiger partial charge in [-0.1, -0.05) is 39.3 Å². The number of fused-ring (bicyclic) bond motifs is 7. The lowest BCUT2D eigenvalue weighted by Crippen LogP contribution is -2.64. The van der Waals surface area contributed by atoms with Crippen LogP contribution in [0.2, 0.25) is 0 Å². The number of rotatable bonds is 12. The van der Waals surface area contributed by atoms with Gasteiger partial charge in [0.2, 0.25) is 0 Å². The van der Waals surface area contributed by atoms with Gasteiger partial charge in [0.05, 0.1) is 38.1 Å². The van der Waals surface area contributed by atoms with Crippen LogP contribution in [0.15, 0.2) is 11.6 Å². The first kappa shape index (κ1) is 49.1. The van der Waals surface area contributed by atoms with Crippen molar-refractivity contribution in [2.24, 2.45) is 46.3 Å². The summed E-state index contributed by atoms with van der Waals surface area (Å²) >= 11 is 0. The maximum atomic E-state index is 14.6. The monoisotopic (exact) mass is 916 g/mol. The van der Waals surface area contributed by atoms with Gasteiger partial charge in [0, 0.05) is 30.1 Å². The van der Waals surface area contributed by atoms with E-state index in [2.05, 4.69) is 19.9 Å². The number of ketones is 1. The highest BCUT2D eigenvalue weighted by Gasteiger charge is 2.70. The van der Waals surface area contributed by atoms with E-state index in [1.54, 1.807) is 6.92 Å². The van der Waals surface area contributed by atoms with Gasteiger partial charge in [-0.15, -0.1) is 0 Å². The second-order valence-corrected chi connectivity index (χ2v) is 20.9. The molecule has 4 aliphatic carbocycles. The van der Waals surface area contributed by atoms with Crippen molar-refractivity contribution in [2.45, 2.75) is 196 Å². The molecule has 26 atom stereocenters. The van der Waals surface area contributed by atoms with Crippen LogP contribution >= 0.6 is 0 Å². The van der Waals surface area contributed by atoms with E-state index in [9.17, 15) is 61.0 Å². The Labute approximate surface area is 373 Å². The molecule has 64 heavy (non-hydrogen) atoms. The molecule has 0 aromatic heterocycles. The molecule has 0 spiro atoms. The SMILES string of the molecule is C[C@@H](CCC1(O)O[C@H]2C[C@H]3[C@@H]4CC=C5C[C@@H](O[C@@H]6O[C@H](C)[C@H](O[C@@H]7O[C@H](CO)[C@@H](O)[C@H](O)[C@H]7O)[C@H](O)[C@H]6O)CC[C@]5(C)[C@H]4CC(=O)[C@]3(C)[C@H]2[C@@H]1C)CO[C@@H]1O[C@H](CO)[C@@H](O)[C@H](O)[C@H]1O. The number of aliphatic hydroxyl groups is 11. The summed E-state index contributed by atoms with van der Waals surface area (Å²) in [7, 11) is 0. The topological polar surface area (TPSA) is 304 Å². The quantitative estimate of drug-likeness (QED) is 0.0978. The van der Waals surface area contributed by atoms with Gasteiger partial charge in [-0.25, -0.2) is 0 Å². The van der Waals surface area contributed by atoms with E-state index >= 15 is 0 Å². The summed E-state index contributed by atoms with van der Waals surface area (Å²) in [5.74, 6) is -1.44. The average molecular weight is 917 g/mol. The molecule has 7 fully saturated rings. The van der Waals surface area contributed by atoms with E-state index in [1.807, 2.05) is 13.8 Å². The first-order valence-corrected chi connectivity index (χ1v) is 23.4. The molecule has 366 valence electrons. The second-order valence-electron chi connectivity index (χ2n) is 20.9. The Kier molecular flexibility index (Phi) is 14.2. The zero-order valence-electron chi connectivity index (χ0n) is 37.3. The van der Waals surface area contributed by atoms with Crippen LogP contribution < -0.4 is 0 Å². The highest BCUT2D eigenvalue weighted by Crippen LogP contribution is 2.69. The van der Waals surface area contributed by atoms with Crippen LogP contribution in [-0.4, -0.2) is 192 Å². The van der Waals surface area contributed by atoms with Gasteiger partial charge in [-0.05, 0) is 74.5 Å². The Morgan fingerprint density at radius 3 is 2.05 bits per heavy atom. The van der Waals surface area contributed by atoms with E-state index in [4.69, 9.17) is 33.2 Å². The van der Waals surface area contributed by atoms with Gasteiger partial charge < -0.3 is 89.3 Å². The standard InChI is InChI=1S/C45H72O19/c1-18(17-58-40-36(54)33(51)31(49)27(15-46)61-40)8-11-45(57)19(2)30-26(64-45)13-25-23-7-6-21-12-22(9-10-43(21,4)24(23)14-29(48)44(25,30)5)60-41-38(56)35(53)39(20(3)59-41)63-42-37(55)34(52)32(50)28(16-47)62-42/h6,18-20,22-28,30-42,46-47,49-57H,7-17H2,1-5H3/t18-,19-,20+,22-,23+,24-,25-,26-,27+,28+,30-,31+,32+,33-,34-,35+,36+,37+,38+,39-,40+,41-,42-,43-,44+,45?/m0/s1. The number of hydrogen-bond acceptors (Lipinski definition) is 19. The molecule has 4 saturated heterocycles. The first-order chi connectivity index (χ1) is 30.2. The molecule has 0 aromatic carbocycles. The van der Waals surface area contributed by atoms with Crippen LogP contribution in [0.1, 0.15) is 86.0 Å². The Morgan fingerprint density at radius 2 is 1.39 bits per heavy atom. The van der Waals surface area contributed by atoms with Crippen LogP contribution in [0.5, 0.6) is 0 Å². The van der Waals surface area contributed by atoms with Crippen LogP contribution in [-0.2, 0) is 38.0 Å². The average Bonchev–Trinajstić information content (AvgIpc) is 3.71. The molecule has 0 aromatic rings. The van der Waals surface area contributed by atoms with E-state index in [0.717, 1.165) is 12.8 Å². The Bertz CT molecular complexity index is 1680. The molecule has 4 aliphatic heterocycles. The third-order valence-electron chi connectivity index (χ3n) is 17.2. The number of hydrogen-bond donors (Lipinski definition) is 11. The lowest BCUT2D eigenvalue weighted by atomic mass is 9.46. The van der Waals surface area contributed by atoms with Crippen molar-refractivity contribution in [3.8, 4) is 0 Å². The van der Waals surface area contributed by atoms with Crippen LogP contribution in [0, 0.1) is 46.3 Å². The molecule has 0 radical (unpaired) electrons. The fourth-order valence-electron chi connectivity index (χ4n) is 13.2. The van der Waals surface area contributed by atoms with Crippen molar-refractivity contribution in [2.75, 3.05) is 19.8 Å². The van der Waals surface area contributed by atoms with Crippen molar-refractivity contribution in [1.29, 1.82) is 0 Å². The smallest absolute Gasteiger partial charge is 0.187 e. The Morgan fingerprint density at radius 1 is 0.781 bits per heavy atom. The predicted octanol–water partition coefficient (Wildman–Crippen LogP) is -1.65. The Hall–Kier alpha value is -1.31. The van der Waals surface area contributed by atoms with Crippen molar-refractivity contribution in [3.63, 3.8) is 0 Å². The largest absolute Gasteiger partial charge is 0.394 e. The number of allylic oxidation sites excluding steroid dienone is 1. The summed E-state index contributed by atoms with van der Waals surface area (Å²) in [5.41, 5.74) is 0.263. The summed E-state index contributed by atoms with van der Waals surface area (Å²) in [6.45, 7) is 8.75. The summed E-state index contributed by atoms with van der Waals surface area (Å²) in [4.78, 5) is 14.6. The lowest BCUT2D eigenvalue weighted by Gasteiger charge is -2.57. The Balaban J connectivity index is 0.861. The van der Waals surface area contributed by atoms with Gasteiger partial charge in [-0.2, -0.15) is 0 Å². The molecule has 8 aliphatic rings. The normalized spacial score (nSPS) is 54.4. The summed E-state index contributed by atoms with van der Waals surface area (Å²) in [6.07, 6.45) is -14.6. The van der Waals surface area contributed by atoms with Gasteiger partial charge in [-0.3, -0.25) is 4.79 Å². The van der Waals surface area contributed by atoms with Crippen LogP contribution in [0.3, 0.4) is 0 Å². The maximum absolute atomic E-state index is 14.6. The number of aliphatic hydroxyl groups excluding tert-OH is 10. The second kappa shape index (κ2) is 18.5. The highest BCUT2D eigenvalue weighted by molar-refractivity contribution is 5.87. The summed E-state index contributed by atoms with van der Waals surface area (Å²) in [6, 6.07) is 0. The zero-order chi connectivity index (χ0) is 46.4. The zero-order valence-corrected chi connectivity index (χ0v) is 37.3. The van der Waals surface area contributed by atoms with Gasteiger partial charge in [0.25, 0.3) is 0 Å². The number of Topliss-reactive ketones (excluding diaryl/α,β-unsaturated/α-hetero) is 1. The van der Waals surface area contributed by atoms with Crippen molar-refractivity contribution in [3.05, 3.63) is 11.6 Å². The van der Waals surface area contributed by atoms with Crippen molar-refractivity contribution in [1.82, 2.24) is 0 Å². The lowest BCUT2D eigenvalue weighted by molar-refractivity contribution is -0.359. The van der Waals surface area contributed by atoms with Crippen molar-refractivity contribution >= 4 is 5.78 Å². The van der Waals surface area contributed by atoms with Gasteiger partial charge >= 0.3 is 0 Å². The fourth-order valence-corrected chi connectivity index (χ4v) is 13.2. The molecule has 0 bridgehead atoms. The molecule has 19 nitrogen and oxygen atoms in total. The molecule has 4 heterocycles. The van der Waals surface area contributed by atoms with E-state index < -0.39 is 117 Å². The van der Waals surface area contributed by atoms with Crippen LogP contribution in [0.25, 0.3) is 0 Å². The minimum absolute atomic E-state index is 0.0714. The number of carbonyl (C=O) groups excluding carboxylic acids is 1. The first-order valence-electron chi connectivity index (χ1n) is 23.4. The predicted molar refractivity (Wildman–Crippen MR) is 218 cm³/mol. The third kappa shape index (κ3) is 8.27. The van der Waals surface area contributed by atoms with Crippen molar-refractivity contribution < 1.29 is 94.1 Å². The number of ether oxygens (including phenoxy) is 7. The van der Waals surface area contributed by atoms with E-state index in [1.165, 1.54) is 5.57 Å². The molecule has 3 saturated carbocycles. The molecular weight excluding hydrogens is 844 g/mol. The molecular formula is C45H72O19. The van der Waals surface area contributed by atoms with Gasteiger partial charge in [0.15, 0.2) is 24.7 Å².